The van der Waals surface area contributed by atoms with Crippen molar-refractivity contribution >= 4 is 11.9 Å². The van der Waals surface area contributed by atoms with Crippen LogP contribution in [0.1, 0.15) is 25.7 Å². The second kappa shape index (κ2) is 5.42. The van der Waals surface area contributed by atoms with E-state index in [1.54, 1.807) is 4.90 Å². The van der Waals surface area contributed by atoms with E-state index in [4.69, 9.17) is 5.11 Å². The lowest BCUT2D eigenvalue weighted by Gasteiger charge is -2.17. The molecule has 1 rings (SSSR count). The number of rotatable bonds is 2. The van der Waals surface area contributed by atoms with Crippen molar-refractivity contribution in [2.24, 2.45) is 0 Å². The molecule has 14 heavy (non-hydrogen) atoms. The van der Waals surface area contributed by atoms with Crippen LogP contribution in [0, 0.1) is 0 Å². The molecule has 0 aliphatic carbocycles. The fourth-order valence-corrected chi connectivity index (χ4v) is 1.54. The third-order valence-electron chi connectivity index (χ3n) is 2.29. The Balaban J connectivity index is 2.45. The summed E-state index contributed by atoms with van der Waals surface area (Å²) >= 11 is 0. The SMILES string of the molecule is O=C(O)/C=C\C(=O)N1CCCCCC1. The molecule has 1 saturated heterocycles. The lowest BCUT2D eigenvalue weighted by atomic mass is 10.2. The van der Waals surface area contributed by atoms with Crippen LogP contribution in [0.3, 0.4) is 0 Å². The minimum absolute atomic E-state index is 0.186. The fraction of sp³-hybridized carbons (Fsp3) is 0.600. The topological polar surface area (TPSA) is 57.6 Å². The molecule has 0 aromatic carbocycles. The summed E-state index contributed by atoms with van der Waals surface area (Å²) in [7, 11) is 0. The van der Waals surface area contributed by atoms with E-state index in [1.807, 2.05) is 0 Å². The Labute approximate surface area is 83.2 Å². The molecule has 1 amide bonds. The van der Waals surface area contributed by atoms with Crippen LogP contribution in [-0.4, -0.2) is 35.0 Å². The number of nitrogens with zero attached hydrogens (tertiary/aromatic N) is 1. The van der Waals surface area contributed by atoms with Gasteiger partial charge in [-0.15, -0.1) is 0 Å². The molecule has 0 spiro atoms. The first-order valence-electron chi connectivity index (χ1n) is 4.90. The van der Waals surface area contributed by atoms with Gasteiger partial charge in [0.15, 0.2) is 0 Å². The van der Waals surface area contributed by atoms with Crippen molar-refractivity contribution in [2.75, 3.05) is 13.1 Å². The molecule has 78 valence electrons. The molecule has 0 atom stereocenters. The number of hydrogen-bond donors (Lipinski definition) is 1. The molecule has 0 radical (unpaired) electrons. The second-order valence-corrected chi connectivity index (χ2v) is 3.41. The number of carbonyl (C=O) groups is 2. The number of carboxylic acid groups (broad SMARTS) is 1. The van der Waals surface area contributed by atoms with Crippen LogP contribution in [0.15, 0.2) is 12.2 Å². The smallest absolute Gasteiger partial charge is 0.328 e. The summed E-state index contributed by atoms with van der Waals surface area (Å²) in [5.41, 5.74) is 0. The maximum absolute atomic E-state index is 11.4. The Kier molecular flexibility index (Phi) is 4.16. The molecule has 0 aromatic heterocycles. The Morgan fingerprint density at radius 3 is 2.07 bits per heavy atom. The molecule has 4 nitrogen and oxygen atoms in total. The van der Waals surface area contributed by atoms with Crippen LogP contribution < -0.4 is 0 Å². The van der Waals surface area contributed by atoms with Crippen molar-refractivity contribution in [3.63, 3.8) is 0 Å². The maximum Gasteiger partial charge on any atom is 0.328 e. The van der Waals surface area contributed by atoms with Gasteiger partial charge in [-0.25, -0.2) is 4.79 Å². The molecule has 0 saturated carbocycles. The van der Waals surface area contributed by atoms with Gasteiger partial charge in [0.1, 0.15) is 0 Å². The molecule has 4 heteroatoms. The molecular weight excluding hydrogens is 182 g/mol. The molecular formula is C10H15NO3. The van der Waals surface area contributed by atoms with Crippen molar-refractivity contribution in [2.45, 2.75) is 25.7 Å². The Hall–Kier alpha value is -1.32. The van der Waals surface area contributed by atoms with Gasteiger partial charge in [0.2, 0.25) is 5.91 Å². The Morgan fingerprint density at radius 1 is 1.00 bits per heavy atom. The predicted molar refractivity (Wildman–Crippen MR) is 51.8 cm³/mol. The standard InChI is InChI=1S/C10H15NO3/c12-9(5-6-10(13)14)11-7-3-1-2-4-8-11/h5-6H,1-4,7-8H2,(H,13,14)/b6-5-. The van der Waals surface area contributed by atoms with Crippen molar-refractivity contribution < 1.29 is 14.7 Å². The number of amides is 1. The Morgan fingerprint density at radius 2 is 1.57 bits per heavy atom. The van der Waals surface area contributed by atoms with Gasteiger partial charge in [-0.3, -0.25) is 4.79 Å². The van der Waals surface area contributed by atoms with E-state index in [9.17, 15) is 9.59 Å². The third kappa shape index (κ3) is 3.60. The molecule has 0 unspecified atom stereocenters. The van der Waals surface area contributed by atoms with Crippen LogP contribution in [0.4, 0.5) is 0 Å². The molecule has 0 aromatic rings. The molecule has 1 aliphatic heterocycles. The summed E-state index contributed by atoms with van der Waals surface area (Å²) in [6.45, 7) is 1.51. The highest BCUT2D eigenvalue weighted by Crippen LogP contribution is 2.09. The van der Waals surface area contributed by atoms with Crippen molar-refractivity contribution in [1.29, 1.82) is 0 Å². The van der Waals surface area contributed by atoms with Gasteiger partial charge in [0.05, 0.1) is 0 Å². The molecule has 0 bridgehead atoms. The molecule has 1 aliphatic rings. The minimum Gasteiger partial charge on any atom is -0.478 e. The van der Waals surface area contributed by atoms with Crippen molar-refractivity contribution in [1.82, 2.24) is 4.90 Å². The van der Waals surface area contributed by atoms with Gasteiger partial charge in [-0.05, 0) is 12.8 Å². The van der Waals surface area contributed by atoms with Gasteiger partial charge in [0, 0.05) is 25.2 Å². The summed E-state index contributed by atoms with van der Waals surface area (Å²) in [5, 5.41) is 8.36. The van der Waals surface area contributed by atoms with Gasteiger partial charge >= 0.3 is 5.97 Å². The first-order valence-corrected chi connectivity index (χ1v) is 4.90. The van der Waals surface area contributed by atoms with Crippen molar-refractivity contribution in [3.05, 3.63) is 12.2 Å². The van der Waals surface area contributed by atoms with Crippen LogP contribution in [-0.2, 0) is 9.59 Å². The summed E-state index contributed by atoms with van der Waals surface area (Å²) in [5.74, 6) is -1.26. The quantitative estimate of drug-likeness (QED) is 0.672. The highest BCUT2D eigenvalue weighted by Gasteiger charge is 2.12. The first-order chi connectivity index (χ1) is 6.70. The van der Waals surface area contributed by atoms with E-state index in [0.29, 0.717) is 0 Å². The summed E-state index contributed by atoms with van der Waals surface area (Å²) < 4.78 is 0. The lowest BCUT2D eigenvalue weighted by Crippen LogP contribution is -2.30. The van der Waals surface area contributed by atoms with Crippen LogP contribution in [0.2, 0.25) is 0 Å². The van der Waals surface area contributed by atoms with E-state index in [2.05, 4.69) is 0 Å². The molecule has 1 N–H and O–H groups in total. The number of carbonyl (C=O) groups excluding carboxylic acids is 1. The van der Waals surface area contributed by atoms with Gasteiger partial charge < -0.3 is 10.0 Å². The average molecular weight is 197 g/mol. The Bertz CT molecular complexity index is 240. The third-order valence-corrected chi connectivity index (χ3v) is 2.29. The van der Waals surface area contributed by atoms with E-state index < -0.39 is 5.97 Å². The van der Waals surface area contributed by atoms with E-state index in [-0.39, 0.29) is 5.91 Å². The zero-order chi connectivity index (χ0) is 10.4. The average Bonchev–Trinajstić information content (AvgIpc) is 2.42. The highest BCUT2D eigenvalue weighted by molar-refractivity contribution is 5.93. The maximum atomic E-state index is 11.4. The van der Waals surface area contributed by atoms with Gasteiger partial charge in [-0.1, -0.05) is 12.8 Å². The summed E-state index contributed by atoms with van der Waals surface area (Å²) in [6, 6.07) is 0. The van der Waals surface area contributed by atoms with Crippen LogP contribution in [0.25, 0.3) is 0 Å². The normalized spacial score (nSPS) is 18.1. The molecule has 1 heterocycles. The number of carboxylic acids is 1. The van der Waals surface area contributed by atoms with E-state index >= 15 is 0 Å². The van der Waals surface area contributed by atoms with E-state index in [1.165, 1.54) is 0 Å². The van der Waals surface area contributed by atoms with Crippen LogP contribution in [0.5, 0.6) is 0 Å². The van der Waals surface area contributed by atoms with Crippen molar-refractivity contribution in [3.8, 4) is 0 Å². The predicted octanol–water partition coefficient (Wildman–Crippen LogP) is 1.03. The number of hydrogen-bond acceptors (Lipinski definition) is 2. The monoisotopic (exact) mass is 197 g/mol. The zero-order valence-corrected chi connectivity index (χ0v) is 8.11. The van der Waals surface area contributed by atoms with E-state index in [0.717, 1.165) is 50.9 Å². The zero-order valence-electron chi connectivity index (χ0n) is 8.11. The fourth-order valence-electron chi connectivity index (χ4n) is 1.54. The first kappa shape index (κ1) is 10.8. The highest BCUT2D eigenvalue weighted by atomic mass is 16.4. The van der Waals surface area contributed by atoms with Gasteiger partial charge in [0.25, 0.3) is 0 Å². The van der Waals surface area contributed by atoms with Crippen LogP contribution >= 0.6 is 0 Å². The largest absolute Gasteiger partial charge is 0.478 e. The van der Waals surface area contributed by atoms with Gasteiger partial charge in [-0.2, -0.15) is 0 Å². The number of likely N-dealkylation sites (tertiary alicyclic amines) is 1. The number of aliphatic carboxylic acids is 1. The summed E-state index contributed by atoms with van der Waals surface area (Å²) in [4.78, 5) is 23.3. The second-order valence-electron chi connectivity index (χ2n) is 3.41. The lowest BCUT2D eigenvalue weighted by molar-refractivity contribution is -0.132. The summed E-state index contributed by atoms with van der Waals surface area (Å²) in [6.07, 6.45) is 6.39. The minimum atomic E-state index is -1.08. The molecule has 1 fully saturated rings.